The van der Waals surface area contributed by atoms with Crippen LogP contribution in [0.2, 0.25) is 0 Å². The Morgan fingerprint density at radius 1 is 1.46 bits per heavy atom. The lowest BCUT2D eigenvalue weighted by atomic mass is 10.1. The highest BCUT2D eigenvalue weighted by Crippen LogP contribution is 2.10. The van der Waals surface area contributed by atoms with Crippen LogP contribution < -0.4 is 11.2 Å². The average Bonchev–Trinajstić information content (AvgIpc) is 2.17. The van der Waals surface area contributed by atoms with E-state index in [9.17, 15) is 4.79 Å². The first kappa shape index (κ1) is 9.70. The highest BCUT2D eigenvalue weighted by molar-refractivity contribution is 5.81. The smallest absolute Gasteiger partial charge is 0.264 e. The molecule has 0 saturated carbocycles. The summed E-state index contributed by atoms with van der Waals surface area (Å²) in [5.41, 5.74) is 8.82. The predicted molar refractivity (Wildman–Crippen MR) is 48.0 cm³/mol. The summed E-state index contributed by atoms with van der Waals surface area (Å²) in [5, 5.41) is 8.34. The molecule has 0 aromatic heterocycles. The Labute approximate surface area is 76.3 Å². The number of aryl methyl sites for hydroxylation is 1. The normalized spacial score (nSPS) is 12.2. The molecule has 0 saturated heterocycles. The topological polar surface area (TPSA) is 75.4 Å². The third-order valence-electron chi connectivity index (χ3n) is 1.83. The van der Waals surface area contributed by atoms with E-state index in [4.69, 9.17) is 10.9 Å². The molecule has 0 fully saturated rings. The van der Waals surface area contributed by atoms with Gasteiger partial charge in [0.1, 0.15) is 6.04 Å². The summed E-state index contributed by atoms with van der Waals surface area (Å²) in [4.78, 5) is 10.9. The van der Waals surface area contributed by atoms with E-state index in [1.165, 1.54) is 5.48 Å². The lowest BCUT2D eigenvalue weighted by Gasteiger charge is -2.09. The molecule has 1 amide bonds. The minimum atomic E-state index is -0.814. The zero-order valence-corrected chi connectivity index (χ0v) is 7.32. The van der Waals surface area contributed by atoms with Crippen molar-refractivity contribution in [1.29, 1.82) is 0 Å². The molecule has 1 rings (SSSR count). The molecule has 4 heteroatoms. The third kappa shape index (κ3) is 2.27. The molecule has 1 aromatic rings. The number of rotatable bonds is 2. The van der Waals surface area contributed by atoms with Crippen LogP contribution in [0.25, 0.3) is 0 Å². The maximum atomic E-state index is 10.9. The zero-order chi connectivity index (χ0) is 9.84. The summed E-state index contributed by atoms with van der Waals surface area (Å²) in [5.74, 6) is -0.608. The monoisotopic (exact) mass is 180 g/mol. The summed E-state index contributed by atoms with van der Waals surface area (Å²) in [6.07, 6.45) is 0. The molecule has 0 aliphatic rings. The Kier molecular flexibility index (Phi) is 3.00. The fourth-order valence-corrected chi connectivity index (χ4v) is 0.995. The molecule has 1 atom stereocenters. The lowest BCUT2D eigenvalue weighted by Crippen LogP contribution is -2.31. The van der Waals surface area contributed by atoms with Crippen molar-refractivity contribution in [3.8, 4) is 0 Å². The van der Waals surface area contributed by atoms with Gasteiger partial charge in [-0.3, -0.25) is 10.0 Å². The van der Waals surface area contributed by atoms with E-state index in [1.54, 1.807) is 12.1 Å². The molecule has 0 aliphatic heterocycles. The zero-order valence-electron chi connectivity index (χ0n) is 7.32. The van der Waals surface area contributed by atoms with Crippen LogP contribution in [0.3, 0.4) is 0 Å². The number of hydrogen-bond acceptors (Lipinski definition) is 3. The summed E-state index contributed by atoms with van der Waals surface area (Å²) >= 11 is 0. The molecule has 0 spiro atoms. The Balaban J connectivity index is 2.83. The van der Waals surface area contributed by atoms with E-state index in [1.807, 2.05) is 19.1 Å². The number of amides is 1. The number of carbonyl (C=O) groups is 1. The van der Waals surface area contributed by atoms with E-state index in [0.717, 1.165) is 5.56 Å². The molecule has 4 N–H and O–H groups in total. The summed E-state index contributed by atoms with van der Waals surface area (Å²) in [6, 6.07) is 6.43. The first-order chi connectivity index (χ1) is 6.15. The minimum Gasteiger partial charge on any atom is -0.316 e. The Morgan fingerprint density at radius 3 is 2.46 bits per heavy atom. The van der Waals surface area contributed by atoms with Crippen LogP contribution in [-0.4, -0.2) is 11.1 Å². The summed E-state index contributed by atoms with van der Waals surface area (Å²) in [7, 11) is 0. The maximum absolute atomic E-state index is 10.9. The van der Waals surface area contributed by atoms with Crippen LogP contribution in [-0.2, 0) is 4.79 Å². The van der Waals surface area contributed by atoms with Crippen molar-refractivity contribution in [2.24, 2.45) is 5.73 Å². The van der Waals surface area contributed by atoms with Crippen LogP contribution in [0.5, 0.6) is 0 Å². The fourth-order valence-electron chi connectivity index (χ4n) is 0.995. The van der Waals surface area contributed by atoms with Gasteiger partial charge >= 0.3 is 0 Å². The van der Waals surface area contributed by atoms with Gasteiger partial charge in [0.25, 0.3) is 5.91 Å². The minimum absolute atomic E-state index is 0.608. The molecule has 4 nitrogen and oxygen atoms in total. The number of benzene rings is 1. The van der Waals surface area contributed by atoms with Crippen molar-refractivity contribution in [3.63, 3.8) is 0 Å². The molecule has 0 aliphatic carbocycles. The number of nitrogens with two attached hydrogens (primary N) is 1. The average molecular weight is 180 g/mol. The van der Waals surface area contributed by atoms with Crippen LogP contribution in [0.4, 0.5) is 0 Å². The molecule has 0 radical (unpaired) electrons. The van der Waals surface area contributed by atoms with Gasteiger partial charge in [0.2, 0.25) is 0 Å². The van der Waals surface area contributed by atoms with Crippen molar-refractivity contribution in [2.75, 3.05) is 0 Å². The van der Waals surface area contributed by atoms with Crippen molar-refractivity contribution >= 4 is 5.91 Å². The first-order valence-corrected chi connectivity index (χ1v) is 3.91. The Bertz CT molecular complexity index is 295. The van der Waals surface area contributed by atoms with Gasteiger partial charge in [-0.25, -0.2) is 5.48 Å². The maximum Gasteiger partial charge on any atom is 0.264 e. The van der Waals surface area contributed by atoms with E-state index in [-0.39, 0.29) is 0 Å². The van der Waals surface area contributed by atoms with Gasteiger partial charge in [0.15, 0.2) is 0 Å². The number of nitrogens with one attached hydrogen (secondary N) is 1. The van der Waals surface area contributed by atoms with Gasteiger partial charge in [-0.2, -0.15) is 0 Å². The molecule has 1 aromatic carbocycles. The van der Waals surface area contributed by atoms with Gasteiger partial charge < -0.3 is 5.73 Å². The lowest BCUT2D eigenvalue weighted by molar-refractivity contribution is -0.130. The van der Waals surface area contributed by atoms with E-state index < -0.39 is 11.9 Å². The van der Waals surface area contributed by atoms with Crippen molar-refractivity contribution in [2.45, 2.75) is 13.0 Å². The van der Waals surface area contributed by atoms with E-state index >= 15 is 0 Å². The second-order valence-electron chi connectivity index (χ2n) is 2.86. The second-order valence-corrected chi connectivity index (χ2v) is 2.86. The van der Waals surface area contributed by atoms with Gasteiger partial charge in [-0.15, -0.1) is 0 Å². The summed E-state index contributed by atoms with van der Waals surface area (Å²) < 4.78 is 0. The summed E-state index contributed by atoms with van der Waals surface area (Å²) in [6.45, 7) is 1.95. The Hall–Kier alpha value is -1.39. The highest BCUT2D eigenvalue weighted by atomic mass is 16.5. The van der Waals surface area contributed by atoms with Crippen molar-refractivity contribution in [1.82, 2.24) is 5.48 Å². The third-order valence-corrected chi connectivity index (χ3v) is 1.83. The van der Waals surface area contributed by atoms with Crippen LogP contribution >= 0.6 is 0 Å². The number of carbonyl (C=O) groups excluding carboxylic acids is 1. The van der Waals surface area contributed by atoms with Crippen LogP contribution in [0.15, 0.2) is 24.3 Å². The standard InChI is InChI=1S/C9H12N2O2/c1-6-2-4-7(5-3-6)8(10)9(12)11-13/h2-5,8,13H,10H2,1H3,(H,11,12). The number of hydroxylamine groups is 1. The van der Waals surface area contributed by atoms with Crippen LogP contribution in [0.1, 0.15) is 17.2 Å². The number of hydrogen-bond donors (Lipinski definition) is 3. The van der Waals surface area contributed by atoms with Gasteiger partial charge in [-0.1, -0.05) is 29.8 Å². The van der Waals surface area contributed by atoms with E-state index in [2.05, 4.69) is 0 Å². The van der Waals surface area contributed by atoms with Crippen LogP contribution in [0, 0.1) is 6.92 Å². The van der Waals surface area contributed by atoms with Gasteiger partial charge in [0.05, 0.1) is 0 Å². The molecule has 13 heavy (non-hydrogen) atoms. The first-order valence-electron chi connectivity index (χ1n) is 3.91. The molecule has 0 bridgehead atoms. The molecule has 1 unspecified atom stereocenters. The molecular weight excluding hydrogens is 168 g/mol. The molecule has 0 heterocycles. The SMILES string of the molecule is Cc1ccc(C(N)C(=O)NO)cc1. The highest BCUT2D eigenvalue weighted by Gasteiger charge is 2.13. The van der Waals surface area contributed by atoms with Gasteiger partial charge in [-0.05, 0) is 12.5 Å². The van der Waals surface area contributed by atoms with Crippen molar-refractivity contribution < 1.29 is 10.0 Å². The second kappa shape index (κ2) is 4.02. The molecule has 70 valence electrons. The predicted octanol–water partition coefficient (Wildman–Crippen LogP) is 0.500. The quantitative estimate of drug-likeness (QED) is 0.458. The fraction of sp³-hybridized carbons (Fsp3) is 0.222. The molecular formula is C9H12N2O2. The van der Waals surface area contributed by atoms with E-state index in [0.29, 0.717) is 5.56 Å². The Morgan fingerprint density at radius 2 is 2.00 bits per heavy atom. The van der Waals surface area contributed by atoms with Gasteiger partial charge in [0, 0.05) is 0 Å². The van der Waals surface area contributed by atoms with Crippen molar-refractivity contribution in [3.05, 3.63) is 35.4 Å². The largest absolute Gasteiger partial charge is 0.316 e.